The molecule has 0 fully saturated rings. The molecule has 0 aromatic heterocycles. The summed E-state index contributed by atoms with van der Waals surface area (Å²) in [5.41, 5.74) is -0.212. The normalized spacial score (nSPS) is 13.7. The number of nitrogens with one attached hydrogen (secondary N) is 2. The quantitative estimate of drug-likeness (QED) is 0.398. The van der Waals surface area contributed by atoms with Crippen molar-refractivity contribution >= 4 is 46.7 Å². The molecule has 0 heterocycles. The Bertz CT molecular complexity index is 712. The Kier molecular flexibility index (Phi) is 10.1. The van der Waals surface area contributed by atoms with Gasteiger partial charge >= 0.3 is 7.32 Å². The van der Waals surface area contributed by atoms with Gasteiger partial charge in [-0.25, -0.2) is 0 Å². The van der Waals surface area contributed by atoms with Gasteiger partial charge in [-0.15, -0.1) is 0 Å². The summed E-state index contributed by atoms with van der Waals surface area (Å²) in [5.74, 6) is -0.665. The third kappa shape index (κ3) is 9.05. The number of rotatable bonds is 9. The molecule has 0 aliphatic rings. The van der Waals surface area contributed by atoms with E-state index in [0.29, 0.717) is 10.9 Å². The van der Waals surface area contributed by atoms with Gasteiger partial charge in [-0.1, -0.05) is 62.1 Å². The van der Waals surface area contributed by atoms with E-state index in [9.17, 15) is 19.6 Å². The van der Waals surface area contributed by atoms with Gasteiger partial charge in [-0.3, -0.25) is 9.59 Å². The monoisotopic (exact) mass is 490 g/mol. The van der Waals surface area contributed by atoms with Crippen LogP contribution in [-0.4, -0.2) is 47.9 Å². The molecule has 0 aliphatic carbocycles. The van der Waals surface area contributed by atoms with Crippen LogP contribution in [0, 0.1) is 11.3 Å². The maximum Gasteiger partial charge on any atom is 0.634 e. The molecule has 0 spiro atoms. The van der Waals surface area contributed by atoms with Crippen LogP contribution in [0.15, 0.2) is 22.7 Å². The number of carbonyl (C=O) groups is 2. The third-order valence-electron chi connectivity index (χ3n) is 4.14. The van der Waals surface area contributed by atoms with Crippen molar-refractivity contribution in [3.05, 3.63) is 33.3 Å². The summed E-state index contributed by atoms with van der Waals surface area (Å²) < 4.78 is 5.98. The zero-order chi connectivity index (χ0) is 22.4. The van der Waals surface area contributed by atoms with Gasteiger partial charge in [-0.05, 0) is 36.0 Å². The fourth-order valence-electron chi connectivity index (χ4n) is 2.98. The lowest BCUT2D eigenvalue weighted by Crippen LogP contribution is -2.54. The molecule has 1 rings (SSSR count). The zero-order valence-electron chi connectivity index (χ0n) is 17.3. The van der Waals surface area contributed by atoms with Crippen molar-refractivity contribution in [2.45, 2.75) is 53.2 Å². The summed E-state index contributed by atoms with van der Waals surface area (Å²) >= 11 is 9.32. The summed E-state index contributed by atoms with van der Waals surface area (Å²) in [6, 6.07) is 4.40. The predicted octanol–water partition coefficient (Wildman–Crippen LogP) is 2.76. The topological polar surface area (TPSA) is 108 Å². The molecule has 2 atom stereocenters. The first kappa shape index (κ1) is 25.9. The molecule has 1 aromatic rings. The van der Waals surface area contributed by atoms with Crippen molar-refractivity contribution in [2.24, 2.45) is 11.3 Å². The molecule has 0 aliphatic heterocycles. The van der Waals surface area contributed by atoms with Crippen LogP contribution >= 0.6 is 27.5 Å². The molecule has 10 heteroatoms. The highest BCUT2D eigenvalue weighted by Crippen LogP contribution is 2.28. The van der Waals surface area contributed by atoms with E-state index in [1.165, 1.54) is 0 Å². The van der Waals surface area contributed by atoms with E-state index in [2.05, 4.69) is 26.6 Å². The average molecular weight is 492 g/mol. The van der Waals surface area contributed by atoms with E-state index in [0.717, 1.165) is 0 Å². The second-order valence-corrected chi connectivity index (χ2v) is 9.68. The summed E-state index contributed by atoms with van der Waals surface area (Å²) in [5, 5.41) is 24.3. The van der Waals surface area contributed by atoms with E-state index in [4.69, 9.17) is 16.3 Å². The number of benzene rings is 1. The molecular formula is C19H29BBrClN2O5. The lowest BCUT2D eigenvalue weighted by molar-refractivity contribution is -0.122. The minimum atomic E-state index is -1.95. The number of carbonyl (C=O) groups excluding carboxylic acids is 2. The van der Waals surface area contributed by atoms with Gasteiger partial charge < -0.3 is 25.3 Å². The summed E-state index contributed by atoms with van der Waals surface area (Å²) in [6.45, 7) is 9.38. The fraction of sp³-hybridized carbons (Fsp3) is 0.579. The van der Waals surface area contributed by atoms with E-state index in [-0.39, 0.29) is 23.0 Å². The summed E-state index contributed by atoms with van der Waals surface area (Å²) in [7, 11) is -1.95. The first-order chi connectivity index (χ1) is 13.3. The Balaban J connectivity index is 2.84. The van der Waals surface area contributed by atoms with E-state index < -0.39 is 36.7 Å². The lowest BCUT2D eigenvalue weighted by Gasteiger charge is -2.38. The van der Waals surface area contributed by atoms with E-state index >= 15 is 0 Å². The van der Waals surface area contributed by atoms with Gasteiger partial charge in [0.1, 0.15) is 0 Å². The van der Waals surface area contributed by atoms with E-state index in [1.54, 1.807) is 18.2 Å². The molecule has 2 amide bonds. The van der Waals surface area contributed by atoms with Crippen molar-refractivity contribution in [3.8, 4) is 0 Å². The largest absolute Gasteiger partial charge is 0.634 e. The molecule has 1 unspecified atom stereocenters. The maximum absolute atomic E-state index is 12.5. The molecule has 0 saturated carbocycles. The lowest BCUT2D eigenvalue weighted by atomic mass is 9.81. The highest BCUT2D eigenvalue weighted by atomic mass is 79.9. The molecule has 7 nitrogen and oxygen atoms in total. The highest BCUT2D eigenvalue weighted by molar-refractivity contribution is 9.10. The predicted molar refractivity (Wildman–Crippen MR) is 117 cm³/mol. The second kappa shape index (κ2) is 11.3. The van der Waals surface area contributed by atoms with Gasteiger partial charge in [0, 0.05) is 4.47 Å². The van der Waals surface area contributed by atoms with Gasteiger partial charge in [-0.2, -0.15) is 0 Å². The SMILES string of the molecule is CC(C)C[C@@H](NC(=O)CNC(=O)c1cc(Br)ccc1Cl)C(OB(O)O)C(C)(C)C. The van der Waals surface area contributed by atoms with Crippen LogP contribution in [0.4, 0.5) is 0 Å². The maximum atomic E-state index is 12.5. The van der Waals surface area contributed by atoms with Crippen LogP contribution in [0.3, 0.4) is 0 Å². The van der Waals surface area contributed by atoms with Crippen molar-refractivity contribution in [1.82, 2.24) is 10.6 Å². The Hall–Kier alpha value is -1.13. The molecule has 0 radical (unpaired) electrons. The fourth-order valence-corrected chi connectivity index (χ4v) is 3.55. The van der Waals surface area contributed by atoms with Gasteiger partial charge in [0.15, 0.2) is 0 Å². The Morgan fingerprint density at radius 3 is 2.41 bits per heavy atom. The zero-order valence-corrected chi connectivity index (χ0v) is 19.7. The molecular weight excluding hydrogens is 462 g/mol. The van der Waals surface area contributed by atoms with Crippen molar-refractivity contribution < 1.29 is 24.3 Å². The first-order valence-electron chi connectivity index (χ1n) is 9.35. The summed E-state index contributed by atoms with van der Waals surface area (Å²) in [4.78, 5) is 24.8. The van der Waals surface area contributed by atoms with Crippen molar-refractivity contribution in [3.63, 3.8) is 0 Å². The van der Waals surface area contributed by atoms with Crippen LogP contribution in [-0.2, 0) is 9.45 Å². The number of halogens is 2. The van der Waals surface area contributed by atoms with Crippen LogP contribution in [0.2, 0.25) is 5.02 Å². The molecule has 1 aromatic carbocycles. The molecule has 4 N–H and O–H groups in total. The standard InChI is InChI=1S/C19H29BBrClN2O5/c1-11(2)8-15(17(19(3,4)5)29-20(27)28)24-16(25)10-23-18(26)13-9-12(21)6-7-14(13)22/h6-7,9,11,15,17,27-28H,8,10H2,1-5H3,(H,23,26)(H,24,25)/t15-,17?/m1/s1. The minimum absolute atomic E-state index is 0.222. The Labute approximate surface area is 185 Å². The average Bonchev–Trinajstić information content (AvgIpc) is 2.57. The Morgan fingerprint density at radius 2 is 1.90 bits per heavy atom. The van der Waals surface area contributed by atoms with Crippen LogP contribution < -0.4 is 10.6 Å². The smallest absolute Gasteiger partial charge is 0.402 e. The minimum Gasteiger partial charge on any atom is -0.402 e. The van der Waals surface area contributed by atoms with Crippen LogP contribution in [0.1, 0.15) is 51.4 Å². The molecule has 0 bridgehead atoms. The van der Waals surface area contributed by atoms with Crippen LogP contribution in [0.5, 0.6) is 0 Å². The third-order valence-corrected chi connectivity index (χ3v) is 4.96. The van der Waals surface area contributed by atoms with E-state index in [1.807, 2.05) is 34.6 Å². The Morgan fingerprint density at radius 1 is 1.28 bits per heavy atom. The number of amides is 2. The number of hydrogen-bond donors (Lipinski definition) is 4. The van der Waals surface area contributed by atoms with Gasteiger partial charge in [0.05, 0.1) is 29.3 Å². The van der Waals surface area contributed by atoms with Gasteiger partial charge in [0.2, 0.25) is 5.91 Å². The summed E-state index contributed by atoms with van der Waals surface area (Å²) in [6.07, 6.45) is -0.0877. The number of hydrogen-bond acceptors (Lipinski definition) is 5. The highest BCUT2D eigenvalue weighted by Gasteiger charge is 2.37. The molecule has 29 heavy (non-hydrogen) atoms. The first-order valence-corrected chi connectivity index (χ1v) is 10.5. The van der Waals surface area contributed by atoms with Gasteiger partial charge in [0.25, 0.3) is 5.91 Å². The molecule has 162 valence electrons. The van der Waals surface area contributed by atoms with Crippen LogP contribution in [0.25, 0.3) is 0 Å². The van der Waals surface area contributed by atoms with Crippen molar-refractivity contribution in [2.75, 3.05) is 6.54 Å². The second-order valence-electron chi connectivity index (χ2n) is 8.36. The van der Waals surface area contributed by atoms with Crippen molar-refractivity contribution in [1.29, 1.82) is 0 Å². The molecule has 0 saturated heterocycles.